The summed E-state index contributed by atoms with van der Waals surface area (Å²) in [5, 5.41) is 0. The second-order valence-electron chi connectivity index (χ2n) is 4.89. The normalized spacial score (nSPS) is 11.7. The molecular weight excluding hydrogens is 309 g/mol. The highest BCUT2D eigenvalue weighted by Gasteiger charge is 2.32. The lowest BCUT2D eigenvalue weighted by Crippen LogP contribution is -2.17. The number of hydrogen-bond acceptors (Lipinski definition) is 3. The first kappa shape index (κ1) is 15.2. The number of methoxy groups -OCH3 is 1. The molecule has 0 spiro atoms. The molecule has 23 heavy (non-hydrogen) atoms. The number of nitrogens with zero attached hydrogens (tertiary/aromatic N) is 2. The summed E-state index contributed by atoms with van der Waals surface area (Å²) in [4.78, 5) is 4.42. The summed E-state index contributed by atoms with van der Waals surface area (Å²) >= 11 is 0. The largest absolute Gasteiger partial charge is 0.573 e. The van der Waals surface area contributed by atoms with Gasteiger partial charge in [0.1, 0.15) is 17.3 Å². The number of fused-ring (bicyclic) bond motifs is 1. The molecule has 1 aromatic heterocycles. The van der Waals surface area contributed by atoms with E-state index in [1.54, 1.807) is 41.9 Å². The molecule has 4 nitrogen and oxygen atoms in total. The Morgan fingerprint density at radius 3 is 2.52 bits per heavy atom. The quantitative estimate of drug-likeness (QED) is 0.727. The Bertz CT molecular complexity index is 856. The van der Waals surface area contributed by atoms with E-state index in [1.807, 2.05) is 0 Å². The predicted octanol–water partition coefficient (Wildman–Crippen LogP) is 4.15. The maximum absolute atomic E-state index is 12.6. The van der Waals surface area contributed by atoms with E-state index >= 15 is 0 Å². The van der Waals surface area contributed by atoms with Crippen molar-refractivity contribution in [1.82, 2.24) is 9.55 Å². The number of rotatable bonds is 3. The number of aromatic nitrogens is 2. The Morgan fingerprint density at radius 2 is 1.83 bits per heavy atom. The van der Waals surface area contributed by atoms with Gasteiger partial charge >= 0.3 is 6.36 Å². The van der Waals surface area contributed by atoms with Gasteiger partial charge in [-0.2, -0.15) is 0 Å². The van der Waals surface area contributed by atoms with Crippen LogP contribution in [0, 0.1) is 0 Å². The molecule has 0 saturated carbocycles. The molecule has 2 aromatic carbocycles. The van der Waals surface area contributed by atoms with E-state index in [9.17, 15) is 13.2 Å². The average molecular weight is 322 g/mol. The van der Waals surface area contributed by atoms with Gasteiger partial charge in [0.2, 0.25) is 0 Å². The molecule has 0 saturated heterocycles. The molecule has 3 rings (SSSR count). The van der Waals surface area contributed by atoms with E-state index in [-0.39, 0.29) is 11.3 Å². The van der Waals surface area contributed by atoms with Crippen molar-refractivity contribution in [2.75, 3.05) is 7.11 Å². The van der Waals surface area contributed by atoms with Crippen LogP contribution in [0.15, 0.2) is 42.5 Å². The van der Waals surface area contributed by atoms with Crippen LogP contribution in [0.3, 0.4) is 0 Å². The van der Waals surface area contributed by atoms with Gasteiger partial charge in [-0.1, -0.05) is 12.1 Å². The van der Waals surface area contributed by atoms with Gasteiger partial charge in [-0.15, -0.1) is 13.2 Å². The fraction of sp³-hybridized carbons (Fsp3) is 0.188. The van der Waals surface area contributed by atoms with Gasteiger partial charge < -0.3 is 14.0 Å². The van der Waals surface area contributed by atoms with Crippen LogP contribution in [0.5, 0.6) is 11.5 Å². The molecule has 3 aromatic rings. The topological polar surface area (TPSA) is 36.3 Å². The minimum Gasteiger partial charge on any atom is -0.497 e. The standard InChI is InChI=1S/C16H13F3N2O2/c1-21-13-8-7-10(22-2)9-12(13)20-15(21)11-5-3-4-6-14(11)23-16(17,18)19/h3-9H,1-2H3. The fourth-order valence-corrected chi connectivity index (χ4v) is 2.41. The minimum atomic E-state index is -4.76. The molecule has 0 N–H and O–H groups in total. The van der Waals surface area contributed by atoms with E-state index in [4.69, 9.17) is 4.74 Å². The molecule has 7 heteroatoms. The molecule has 0 aliphatic heterocycles. The van der Waals surface area contributed by atoms with Gasteiger partial charge in [-0.05, 0) is 24.3 Å². The lowest BCUT2D eigenvalue weighted by atomic mass is 10.2. The molecule has 0 bridgehead atoms. The summed E-state index contributed by atoms with van der Waals surface area (Å²) in [6.07, 6.45) is -4.76. The van der Waals surface area contributed by atoms with Crippen LogP contribution < -0.4 is 9.47 Å². The zero-order valence-electron chi connectivity index (χ0n) is 12.4. The van der Waals surface area contributed by atoms with Crippen LogP contribution in [0.2, 0.25) is 0 Å². The summed E-state index contributed by atoms with van der Waals surface area (Å²) in [6.45, 7) is 0. The third-order valence-corrected chi connectivity index (χ3v) is 3.44. The first-order valence-electron chi connectivity index (χ1n) is 6.74. The molecule has 1 heterocycles. The second-order valence-corrected chi connectivity index (χ2v) is 4.89. The van der Waals surface area contributed by atoms with Gasteiger partial charge in [0, 0.05) is 13.1 Å². The van der Waals surface area contributed by atoms with Crippen molar-refractivity contribution in [2.45, 2.75) is 6.36 Å². The smallest absolute Gasteiger partial charge is 0.497 e. The van der Waals surface area contributed by atoms with Crippen LogP contribution in [-0.4, -0.2) is 23.0 Å². The highest BCUT2D eigenvalue weighted by Crippen LogP contribution is 2.34. The van der Waals surface area contributed by atoms with E-state index in [0.717, 1.165) is 5.52 Å². The molecular formula is C16H13F3N2O2. The third kappa shape index (κ3) is 2.94. The Hall–Kier alpha value is -2.70. The summed E-state index contributed by atoms with van der Waals surface area (Å²) in [5.41, 5.74) is 1.67. The summed E-state index contributed by atoms with van der Waals surface area (Å²) in [6, 6.07) is 11.2. The molecule has 0 unspecified atom stereocenters. The van der Waals surface area contributed by atoms with E-state index in [0.29, 0.717) is 17.1 Å². The number of halogens is 3. The maximum atomic E-state index is 12.6. The number of alkyl halides is 3. The van der Waals surface area contributed by atoms with Crippen LogP contribution in [-0.2, 0) is 7.05 Å². The second kappa shape index (κ2) is 5.49. The molecule has 120 valence electrons. The highest BCUT2D eigenvalue weighted by molar-refractivity contribution is 5.83. The number of hydrogen-bond donors (Lipinski definition) is 0. The van der Waals surface area contributed by atoms with E-state index < -0.39 is 6.36 Å². The van der Waals surface area contributed by atoms with E-state index in [1.165, 1.54) is 19.2 Å². The number of imidazole rings is 1. The van der Waals surface area contributed by atoms with Gasteiger partial charge in [0.05, 0.1) is 23.7 Å². The van der Waals surface area contributed by atoms with Crippen LogP contribution >= 0.6 is 0 Å². The molecule has 0 atom stereocenters. The van der Waals surface area contributed by atoms with Crippen molar-refractivity contribution >= 4 is 11.0 Å². The lowest BCUT2D eigenvalue weighted by Gasteiger charge is -2.12. The summed E-state index contributed by atoms with van der Waals surface area (Å²) < 4.78 is 48.7. The minimum absolute atomic E-state index is 0.266. The molecule has 0 fully saturated rings. The Labute approximate surface area is 130 Å². The summed E-state index contributed by atoms with van der Waals surface area (Å²) in [5.74, 6) is 0.723. The van der Waals surface area contributed by atoms with Crippen molar-refractivity contribution in [3.8, 4) is 22.9 Å². The zero-order chi connectivity index (χ0) is 16.6. The summed E-state index contributed by atoms with van der Waals surface area (Å²) in [7, 11) is 3.28. The van der Waals surface area contributed by atoms with Crippen LogP contribution in [0.25, 0.3) is 22.4 Å². The average Bonchev–Trinajstić information content (AvgIpc) is 2.82. The Kier molecular flexibility index (Phi) is 3.63. The fourth-order valence-electron chi connectivity index (χ4n) is 2.41. The van der Waals surface area contributed by atoms with E-state index in [2.05, 4.69) is 9.72 Å². The van der Waals surface area contributed by atoms with Crippen molar-refractivity contribution < 1.29 is 22.6 Å². The number of aryl methyl sites for hydroxylation is 1. The monoisotopic (exact) mass is 322 g/mol. The first-order valence-corrected chi connectivity index (χ1v) is 6.74. The van der Waals surface area contributed by atoms with Crippen molar-refractivity contribution in [1.29, 1.82) is 0 Å². The first-order chi connectivity index (χ1) is 10.9. The SMILES string of the molecule is COc1ccc2c(c1)nc(-c1ccccc1OC(F)(F)F)n2C. The Balaban J connectivity index is 2.15. The third-order valence-electron chi connectivity index (χ3n) is 3.44. The van der Waals surface area contributed by atoms with Crippen LogP contribution in [0.1, 0.15) is 0 Å². The molecule has 0 aliphatic rings. The number of para-hydroxylation sites is 1. The Morgan fingerprint density at radius 1 is 1.09 bits per heavy atom. The zero-order valence-corrected chi connectivity index (χ0v) is 12.4. The predicted molar refractivity (Wildman–Crippen MR) is 79.4 cm³/mol. The van der Waals surface area contributed by atoms with Gasteiger partial charge in [-0.3, -0.25) is 0 Å². The maximum Gasteiger partial charge on any atom is 0.573 e. The molecule has 0 aliphatic carbocycles. The van der Waals surface area contributed by atoms with Crippen molar-refractivity contribution in [3.05, 3.63) is 42.5 Å². The number of ether oxygens (including phenoxy) is 2. The van der Waals surface area contributed by atoms with Crippen molar-refractivity contribution in [2.24, 2.45) is 7.05 Å². The van der Waals surface area contributed by atoms with Gasteiger partial charge in [-0.25, -0.2) is 4.98 Å². The molecule has 0 amide bonds. The lowest BCUT2D eigenvalue weighted by molar-refractivity contribution is -0.274. The van der Waals surface area contributed by atoms with Gasteiger partial charge in [0.25, 0.3) is 0 Å². The molecule has 0 radical (unpaired) electrons. The number of benzene rings is 2. The highest BCUT2D eigenvalue weighted by atomic mass is 19.4. The van der Waals surface area contributed by atoms with Crippen molar-refractivity contribution in [3.63, 3.8) is 0 Å². The van der Waals surface area contributed by atoms with Crippen LogP contribution in [0.4, 0.5) is 13.2 Å². The van der Waals surface area contributed by atoms with Gasteiger partial charge in [0.15, 0.2) is 0 Å².